The summed E-state index contributed by atoms with van der Waals surface area (Å²) in [6, 6.07) is 14.9. The summed E-state index contributed by atoms with van der Waals surface area (Å²) < 4.78 is 19.3. The van der Waals surface area contributed by atoms with Gasteiger partial charge in [-0.15, -0.1) is 0 Å². The van der Waals surface area contributed by atoms with Crippen LogP contribution >= 0.6 is 0 Å². The molecule has 2 aliphatic rings. The number of nitrogens with one attached hydrogen (secondary N) is 3. The molecule has 3 aromatic rings. The second-order valence-corrected chi connectivity index (χ2v) is 13.1. The average molecular weight is 621 g/mol. The molecule has 1 aromatic heterocycles. The Labute approximate surface area is 261 Å². The van der Waals surface area contributed by atoms with Gasteiger partial charge in [-0.2, -0.15) is 0 Å². The van der Waals surface area contributed by atoms with Crippen LogP contribution in [0.5, 0.6) is 0 Å². The maximum Gasteiger partial charge on any atom is 0.407 e. The summed E-state index contributed by atoms with van der Waals surface area (Å²) in [5, 5.41) is 15.6. The summed E-state index contributed by atoms with van der Waals surface area (Å²) in [5.74, 6) is -2.09. The molecular formula is C34H41FN4O6. The zero-order valence-corrected chi connectivity index (χ0v) is 25.8. The highest BCUT2D eigenvalue weighted by atomic mass is 19.1. The molecule has 2 aromatic carbocycles. The maximum absolute atomic E-state index is 14.0. The van der Waals surface area contributed by atoms with Crippen molar-refractivity contribution < 1.29 is 33.4 Å². The van der Waals surface area contributed by atoms with E-state index in [4.69, 9.17) is 4.74 Å². The van der Waals surface area contributed by atoms with Crippen LogP contribution < -0.4 is 10.6 Å². The Kier molecular flexibility index (Phi) is 9.45. The number of amides is 3. The molecule has 4 N–H and O–H groups in total. The van der Waals surface area contributed by atoms with Crippen molar-refractivity contribution in [3.05, 3.63) is 65.9 Å². The first kappa shape index (κ1) is 32.0. The number of anilines is 1. The molecule has 240 valence electrons. The Morgan fingerprint density at radius 3 is 2.38 bits per heavy atom. The van der Waals surface area contributed by atoms with Crippen LogP contribution in [0.2, 0.25) is 0 Å². The number of carbonyl (C=O) groups is 4. The van der Waals surface area contributed by atoms with Crippen molar-refractivity contribution in [2.24, 2.45) is 11.8 Å². The normalized spacial score (nSPS) is 22.5. The van der Waals surface area contributed by atoms with Crippen LogP contribution in [0.25, 0.3) is 10.9 Å². The lowest BCUT2D eigenvalue weighted by molar-refractivity contribution is -0.141. The third kappa shape index (κ3) is 7.46. The van der Waals surface area contributed by atoms with Gasteiger partial charge in [-0.3, -0.25) is 9.59 Å². The van der Waals surface area contributed by atoms with Crippen LogP contribution in [-0.2, 0) is 14.3 Å². The number of rotatable bonds is 8. The Bertz CT molecular complexity index is 1540. The molecule has 10 nitrogen and oxygen atoms in total. The Balaban J connectivity index is 1.29. The van der Waals surface area contributed by atoms with Gasteiger partial charge in [0.25, 0.3) is 0 Å². The van der Waals surface area contributed by atoms with Crippen LogP contribution in [0.1, 0.15) is 74.8 Å². The van der Waals surface area contributed by atoms with Gasteiger partial charge in [0, 0.05) is 35.0 Å². The lowest BCUT2D eigenvalue weighted by Gasteiger charge is -2.36. The number of likely N-dealkylation sites (tertiary alicyclic amines) is 1. The van der Waals surface area contributed by atoms with Crippen LogP contribution in [0.15, 0.2) is 54.6 Å². The number of carboxylic acids is 1. The van der Waals surface area contributed by atoms with Crippen molar-refractivity contribution in [3.63, 3.8) is 0 Å². The molecule has 2 heterocycles. The molecule has 3 atom stereocenters. The van der Waals surface area contributed by atoms with Crippen molar-refractivity contribution in [2.45, 2.75) is 76.5 Å². The van der Waals surface area contributed by atoms with E-state index in [2.05, 4.69) is 15.6 Å². The minimum Gasteiger partial charge on any atom is -0.477 e. The SMILES string of the molecule is CC(C)(C)OC(=O)N[C@H](CF)[C@H]1CC[C@H](C(=O)N2CC[C@H](c3ccccc3)[C@H]2C(=O)Nc2ccc3[nH]c(C(=O)O)cc3c2)CC1. The smallest absolute Gasteiger partial charge is 0.407 e. The summed E-state index contributed by atoms with van der Waals surface area (Å²) in [7, 11) is 0. The van der Waals surface area contributed by atoms with E-state index in [9.17, 15) is 28.7 Å². The highest BCUT2D eigenvalue weighted by Crippen LogP contribution is 2.39. The molecule has 1 saturated heterocycles. The van der Waals surface area contributed by atoms with Crippen molar-refractivity contribution in [3.8, 4) is 0 Å². The summed E-state index contributed by atoms with van der Waals surface area (Å²) in [6.45, 7) is 4.96. The van der Waals surface area contributed by atoms with E-state index in [1.54, 1.807) is 43.9 Å². The fourth-order valence-electron chi connectivity index (χ4n) is 6.70. The van der Waals surface area contributed by atoms with E-state index in [1.807, 2.05) is 30.3 Å². The first-order valence-electron chi connectivity index (χ1n) is 15.5. The monoisotopic (exact) mass is 620 g/mol. The molecule has 0 unspecified atom stereocenters. The largest absolute Gasteiger partial charge is 0.477 e. The van der Waals surface area contributed by atoms with Crippen LogP contribution in [0.3, 0.4) is 0 Å². The molecule has 1 aliphatic heterocycles. The number of carboxylic acid groups (broad SMARTS) is 1. The third-order valence-corrected chi connectivity index (χ3v) is 8.85. The number of nitrogens with zero attached hydrogens (tertiary/aromatic N) is 1. The van der Waals surface area contributed by atoms with Crippen molar-refractivity contribution >= 4 is 40.5 Å². The van der Waals surface area contributed by atoms with Gasteiger partial charge in [-0.1, -0.05) is 30.3 Å². The molecule has 3 amide bonds. The average Bonchev–Trinajstić information content (AvgIpc) is 3.64. The van der Waals surface area contributed by atoms with E-state index in [1.165, 1.54) is 6.07 Å². The highest BCUT2D eigenvalue weighted by Gasteiger charge is 2.45. The number of ether oxygens (including phenoxy) is 1. The standard InChI is InChI=1S/C34H41FN4O6/c1-34(2,3)45-33(44)38-28(19-35)21-9-11-22(12-10-21)31(41)39-16-15-25(20-7-5-4-6-8-20)29(39)30(40)36-24-13-14-26-23(17-24)18-27(37-26)32(42)43/h4-8,13-14,17-18,21-22,25,28-29,37H,9-12,15-16,19H2,1-3H3,(H,36,40)(H,38,44)(H,42,43)/t21-,22-,25-,28-,29+/m1/s1. The predicted molar refractivity (Wildman–Crippen MR) is 168 cm³/mol. The molecule has 1 saturated carbocycles. The zero-order chi connectivity index (χ0) is 32.3. The van der Waals surface area contributed by atoms with E-state index in [0.717, 1.165) is 5.56 Å². The second kappa shape index (κ2) is 13.3. The first-order valence-corrected chi connectivity index (χ1v) is 15.5. The number of aromatic carboxylic acids is 1. The molecule has 1 aliphatic carbocycles. The van der Waals surface area contributed by atoms with E-state index >= 15 is 0 Å². The number of aromatic amines is 1. The van der Waals surface area contributed by atoms with Crippen molar-refractivity contribution in [1.29, 1.82) is 0 Å². The molecule has 0 bridgehead atoms. The molecular weight excluding hydrogens is 579 g/mol. The van der Waals surface area contributed by atoms with Gasteiger partial charge in [-0.05, 0) is 88.6 Å². The minimum atomic E-state index is -1.07. The van der Waals surface area contributed by atoms with Crippen molar-refractivity contribution in [1.82, 2.24) is 15.2 Å². The number of halogens is 1. The zero-order valence-electron chi connectivity index (χ0n) is 25.8. The number of fused-ring (bicyclic) bond motifs is 1. The second-order valence-electron chi connectivity index (χ2n) is 13.1. The van der Waals surface area contributed by atoms with Gasteiger partial charge in [-0.25, -0.2) is 14.0 Å². The lowest BCUT2D eigenvalue weighted by atomic mass is 9.78. The predicted octanol–water partition coefficient (Wildman–Crippen LogP) is 5.86. The topological polar surface area (TPSA) is 141 Å². The maximum atomic E-state index is 14.0. The van der Waals surface area contributed by atoms with Crippen LogP contribution in [0.4, 0.5) is 14.9 Å². The van der Waals surface area contributed by atoms with Crippen molar-refractivity contribution in [2.75, 3.05) is 18.5 Å². The number of hydrogen-bond donors (Lipinski definition) is 4. The quantitative estimate of drug-likeness (QED) is 0.249. The fraction of sp³-hybridized carbons (Fsp3) is 0.471. The van der Waals surface area contributed by atoms with Gasteiger partial charge in [0.05, 0.1) is 6.04 Å². The number of alkyl carbamates (subject to hydrolysis) is 1. The molecule has 45 heavy (non-hydrogen) atoms. The Morgan fingerprint density at radius 2 is 1.73 bits per heavy atom. The first-order chi connectivity index (χ1) is 21.4. The third-order valence-electron chi connectivity index (χ3n) is 8.85. The van der Waals surface area contributed by atoms with Gasteiger partial charge >= 0.3 is 12.1 Å². The number of carbonyl (C=O) groups excluding carboxylic acids is 3. The summed E-state index contributed by atoms with van der Waals surface area (Å²) in [6.07, 6.45) is 2.19. The van der Waals surface area contributed by atoms with E-state index in [0.29, 0.717) is 55.2 Å². The van der Waals surface area contributed by atoms with Crippen LogP contribution in [0, 0.1) is 11.8 Å². The van der Waals surface area contributed by atoms with Gasteiger partial charge in [0.15, 0.2) is 0 Å². The minimum absolute atomic E-state index is 0.0540. The Hall–Kier alpha value is -4.41. The summed E-state index contributed by atoms with van der Waals surface area (Å²) in [4.78, 5) is 56.1. The highest BCUT2D eigenvalue weighted by molar-refractivity contribution is 6.01. The van der Waals surface area contributed by atoms with Gasteiger partial charge in [0.1, 0.15) is 24.0 Å². The Morgan fingerprint density at radius 1 is 1.02 bits per heavy atom. The van der Waals surface area contributed by atoms with E-state index < -0.39 is 36.4 Å². The number of aromatic nitrogens is 1. The summed E-state index contributed by atoms with van der Waals surface area (Å²) in [5.41, 5.74) is 1.48. The lowest BCUT2D eigenvalue weighted by Crippen LogP contribution is -2.49. The number of hydrogen-bond acceptors (Lipinski definition) is 5. The molecule has 0 spiro atoms. The summed E-state index contributed by atoms with van der Waals surface area (Å²) >= 11 is 0. The van der Waals surface area contributed by atoms with E-state index in [-0.39, 0.29) is 35.3 Å². The van der Waals surface area contributed by atoms with Gasteiger partial charge in [0.2, 0.25) is 11.8 Å². The molecule has 5 rings (SSSR count). The van der Waals surface area contributed by atoms with Gasteiger partial charge < -0.3 is 30.4 Å². The van der Waals surface area contributed by atoms with Crippen LogP contribution in [-0.4, -0.2) is 69.8 Å². The molecule has 0 radical (unpaired) electrons. The fourth-order valence-corrected chi connectivity index (χ4v) is 6.70. The molecule has 11 heteroatoms. The number of H-pyrrole nitrogens is 1. The number of benzene rings is 2. The number of alkyl halides is 1. The molecule has 2 fully saturated rings.